The Labute approximate surface area is 95.6 Å². The zero-order valence-electron chi connectivity index (χ0n) is 9.73. The Morgan fingerprint density at radius 2 is 1.81 bits per heavy atom. The van der Waals surface area contributed by atoms with Crippen molar-refractivity contribution in [2.24, 2.45) is 0 Å². The van der Waals surface area contributed by atoms with E-state index in [-0.39, 0.29) is 13.1 Å². The fraction of sp³-hybridized carbons (Fsp3) is 0.889. The molecule has 0 spiro atoms. The second-order valence-electron chi connectivity index (χ2n) is 4.02. The lowest BCUT2D eigenvalue weighted by molar-refractivity contribution is -0.142. The maximum absolute atomic E-state index is 12.2. The number of hydrogen-bond acceptors (Lipinski definition) is 5. The number of ether oxygens (including phenoxy) is 2. The smallest absolute Gasteiger partial charge is 0.328 e. The van der Waals surface area contributed by atoms with Crippen molar-refractivity contribution in [3.63, 3.8) is 0 Å². The quantitative estimate of drug-likeness (QED) is 0.638. The summed E-state index contributed by atoms with van der Waals surface area (Å²) >= 11 is 0. The van der Waals surface area contributed by atoms with E-state index in [2.05, 4.69) is 4.74 Å². The first kappa shape index (κ1) is 13.4. The van der Waals surface area contributed by atoms with Gasteiger partial charge in [-0.3, -0.25) is 4.79 Å². The van der Waals surface area contributed by atoms with Gasteiger partial charge in [-0.15, -0.1) is 0 Å². The highest BCUT2D eigenvalue weighted by molar-refractivity contribution is 7.91. The minimum absolute atomic E-state index is 0.281. The van der Waals surface area contributed by atoms with Gasteiger partial charge in [-0.1, -0.05) is 0 Å². The number of carbonyl (C=O) groups excluding carboxylic acids is 1. The fourth-order valence-electron chi connectivity index (χ4n) is 1.46. The summed E-state index contributed by atoms with van der Waals surface area (Å²) in [5.74, 6) is -0.751. The van der Waals surface area contributed by atoms with Crippen molar-refractivity contribution in [2.45, 2.75) is 18.6 Å². The second kappa shape index (κ2) is 4.68. The molecule has 0 aromatic rings. The van der Waals surface area contributed by atoms with Crippen LogP contribution in [0.25, 0.3) is 0 Å². The third kappa shape index (κ3) is 2.21. The molecule has 1 aliphatic rings. The lowest BCUT2D eigenvalue weighted by Crippen LogP contribution is -2.53. The molecule has 0 aromatic carbocycles. The number of esters is 1. The molecule has 0 aliphatic carbocycles. The summed E-state index contributed by atoms with van der Waals surface area (Å²) in [6.07, 6.45) is 0. The van der Waals surface area contributed by atoms with Crippen LogP contribution in [0.1, 0.15) is 13.8 Å². The Hall–Kier alpha value is -0.660. The molecule has 16 heavy (non-hydrogen) atoms. The van der Waals surface area contributed by atoms with Crippen LogP contribution in [-0.4, -0.2) is 56.9 Å². The molecule has 94 valence electrons. The minimum Gasteiger partial charge on any atom is -0.468 e. The van der Waals surface area contributed by atoms with E-state index in [0.717, 1.165) is 0 Å². The highest BCUT2D eigenvalue weighted by atomic mass is 32.2. The topological polar surface area (TPSA) is 72.9 Å². The lowest BCUT2D eigenvalue weighted by Gasteiger charge is -2.32. The first-order valence-electron chi connectivity index (χ1n) is 5.00. The van der Waals surface area contributed by atoms with E-state index in [1.54, 1.807) is 0 Å². The molecule has 0 N–H and O–H groups in total. The van der Waals surface area contributed by atoms with Crippen LogP contribution in [0, 0.1) is 0 Å². The van der Waals surface area contributed by atoms with Gasteiger partial charge < -0.3 is 9.47 Å². The van der Waals surface area contributed by atoms with Crippen molar-refractivity contribution in [2.75, 3.05) is 33.4 Å². The van der Waals surface area contributed by atoms with E-state index in [4.69, 9.17) is 4.74 Å². The average Bonchev–Trinajstić information content (AvgIpc) is 2.28. The molecule has 0 unspecified atom stereocenters. The number of hydrogen-bond donors (Lipinski definition) is 0. The molecule has 0 radical (unpaired) electrons. The monoisotopic (exact) mass is 251 g/mol. The summed E-state index contributed by atoms with van der Waals surface area (Å²) < 4.78 is 33.7. The van der Waals surface area contributed by atoms with E-state index >= 15 is 0 Å². The zero-order valence-corrected chi connectivity index (χ0v) is 10.5. The third-order valence-electron chi connectivity index (χ3n) is 2.63. The number of methoxy groups -OCH3 is 1. The maximum Gasteiger partial charge on any atom is 0.328 e. The summed E-state index contributed by atoms with van der Waals surface area (Å²) in [6, 6.07) is 0. The summed E-state index contributed by atoms with van der Waals surface area (Å²) in [7, 11) is -2.51. The van der Waals surface area contributed by atoms with Crippen LogP contribution in [0.3, 0.4) is 0 Å². The van der Waals surface area contributed by atoms with Crippen LogP contribution in [-0.2, 0) is 24.3 Å². The van der Waals surface area contributed by atoms with Gasteiger partial charge in [-0.25, -0.2) is 8.42 Å². The summed E-state index contributed by atoms with van der Waals surface area (Å²) in [5.41, 5.74) is 0. The molecule has 0 amide bonds. The lowest BCUT2D eigenvalue weighted by atomic mass is 10.2. The van der Waals surface area contributed by atoms with Crippen LogP contribution in [0.5, 0.6) is 0 Å². The summed E-state index contributed by atoms with van der Waals surface area (Å²) in [4.78, 5) is 11.5. The molecule has 6 nitrogen and oxygen atoms in total. The van der Waals surface area contributed by atoms with E-state index in [1.165, 1.54) is 25.3 Å². The molecule has 1 rings (SSSR count). The molecule has 1 heterocycles. The van der Waals surface area contributed by atoms with Crippen LogP contribution in [0.2, 0.25) is 0 Å². The molecule has 0 bridgehead atoms. The number of rotatable bonds is 3. The highest BCUT2D eigenvalue weighted by Gasteiger charge is 2.46. The number of morpholine rings is 1. The average molecular weight is 251 g/mol. The Kier molecular flexibility index (Phi) is 3.92. The standard InChI is InChI=1S/C9H17NO5S/c1-9(2,8(11)14-3)16(12,13)10-4-6-15-7-5-10/h4-7H2,1-3H3. The van der Waals surface area contributed by atoms with Gasteiger partial charge in [0.2, 0.25) is 10.0 Å². The minimum atomic E-state index is -3.69. The predicted octanol–water partition coefficient (Wildman–Crippen LogP) is -0.400. The highest BCUT2D eigenvalue weighted by Crippen LogP contribution is 2.23. The van der Waals surface area contributed by atoms with Gasteiger partial charge in [0.25, 0.3) is 0 Å². The SMILES string of the molecule is COC(=O)C(C)(C)S(=O)(=O)N1CCOCC1. The molecule has 7 heteroatoms. The van der Waals surface area contributed by atoms with Crippen molar-refractivity contribution in [3.05, 3.63) is 0 Å². The predicted molar refractivity (Wildman–Crippen MR) is 57.4 cm³/mol. The Bertz CT molecular complexity index is 356. The molecule has 0 saturated carbocycles. The molecular weight excluding hydrogens is 234 g/mol. The van der Waals surface area contributed by atoms with Crippen LogP contribution in [0.15, 0.2) is 0 Å². The van der Waals surface area contributed by atoms with Gasteiger partial charge >= 0.3 is 5.97 Å². The molecule has 0 aromatic heterocycles. The summed E-state index contributed by atoms with van der Waals surface area (Å²) in [5, 5.41) is 0. The Morgan fingerprint density at radius 3 is 2.25 bits per heavy atom. The first-order chi connectivity index (χ1) is 7.34. The van der Waals surface area contributed by atoms with Gasteiger partial charge in [-0.2, -0.15) is 4.31 Å². The molecule has 0 atom stereocenters. The van der Waals surface area contributed by atoms with E-state index < -0.39 is 20.7 Å². The molecule has 1 aliphatic heterocycles. The molecular formula is C9H17NO5S. The number of carbonyl (C=O) groups is 1. The molecule has 1 fully saturated rings. The Balaban J connectivity index is 2.95. The maximum atomic E-state index is 12.2. The van der Waals surface area contributed by atoms with Crippen molar-refractivity contribution >= 4 is 16.0 Å². The molecule has 1 saturated heterocycles. The number of nitrogens with zero attached hydrogens (tertiary/aromatic N) is 1. The van der Waals surface area contributed by atoms with E-state index in [0.29, 0.717) is 13.2 Å². The zero-order chi connectivity index (χ0) is 12.4. The summed E-state index contributed by atoms with van der Waals surface area (Å²) in [6.45, 7) is 3.98. The van der Waals surface area contributed by atoms with Crippen LogP contribution >= 0.6 is 0 Å². The largest absolute Gasteiger partial charge is 0.468 e. The number of sulfonamides is 1. The van der Waals surface area contributed by atoms with Gasteiger partial charge in [0.15, 0.2) is 4.75 Å². The van der Waals surface area contributed by atoms with Crippen LogP contribution in [0.4, 0.5) is 0 Å². The van der Waals surface area contributed by atoms with Gasteiger partial charge in [-0.05, 0) is 13.8 Å². The second-order valence-corrected chi connectivity index (χ2v) is 6.51. The van der Waals surface area contributed by atoms with Crippen molar-refractivity contribution in [1.82, 2.24) is 4.31 Å². The van der Waals surface area contributed by atoms with Crippen molar-refractivity contribution in [3.8, 4) is 0 Å². The normalized spacial score (nSPS) is 19.4. The van der Waals surface area contributed by atoms with Gasteiger partial charge in [0.1, 0.15) is 0 Å². The fourth-order valence-corrected chi connectivity index (χ4v) is 3.03. The van der Waals surface area contributed by atoms with Crippen molar-refractivity contribution < 1.29 is 22.7 Å². The Morgan fingerprint density at radius 1 is 1.31 bits per heavy atom. The van der Waals surface area contributed by atoms with E-state index in [9.17, 15) is 13.2 Å². The van der Waals surface area contributed by atoms with Gasteiger partial charge in [0.05, 0.1) is 20.3 Å². The first-order valence-corrected chi connectivity index (χ1v) is 6.44. The third-order valence-corrected chi connectivity index (χ3v) is 5.13. The van der Waals surface area contributed by atoms with Crippen molar-refractivity contribution in [1.29, 1.82) is 0 Å². The van der Waals surface area contributed by atoms with E-state index in [1.807, 2.05) is 0 Å². The van der Waals surface area contributed by atoms with Gasteiger partial charge in [0, 0.05) is 13.1 Å². The van der Waals surface area contributed by atoms with Crippen LogP contribution < -0.4 is 0 Å².